The maximum Gasteiger partial charge on any atom is 0.273 e. The Morgan fingerprint density at radius 1 is 1.67 bits per heavy atom. The minimum atomic E-state index is -0.227. The lowest BCUT2D eigenvalue weighted by atomic mass is 10.1. The molecular formula is C12H20N4OS. The van der Waals surface area contributed by atoms with Crippen LogP contribution in [-0.2, 0) is 0 Å². The van der Waals surface area contributed by atoms with Gasteiger partial charge >= 0.3 is 0 Å². The summed E-state index contributed by atoms with van der Waals surface area (Å²) in [6.45, 7) is 8.23. The first-order valence-corrected chi connectivity index (χ1v) is 7.04. The van der Waals surface area contributed by atoms with Gasteiger partial charge in [0.1, 0.15) is 0 Å². The smallest absolute Gasteiger partial charge is 0.273 e. The van der Waals surface area contributed by atoms with Crippen molar-refractivity contribution >= 4 is 23.4 Å². The van der Waals surface area contributed by atoms with Crippen molar-refractivity contribution in [2.24, 2.45) is 0 Å². The Hall–Kier alpha value is -1.43. The van der Waals surface area contributed by atoms with Crippen LogP contribution in [0.25, 0.3) is 0 Å². The van der Waals surface area contributed by atoms with Crippen molar-refractivity contribution in [2.45, 2.75) is 19.8 Å². The number of carbonyl (C=O) groups is 1. The molecule has 0 radical (unpaired) electrons. The van der Waals surface area contributed by atoms with Crippen molar-refractivity contribution < 1.29 is 4.79 Å². The topological polar surface area (TPSA) is 83.8 Å². The number of nitrogens with zero attached hydrogens (tertiary/aromatic N) is 1. The van der Waals surface area contributed by atoms with Crippen LogP contribution in [0.5, 0.6) is 0 Å². The van der Waals surface area contributed by atoms with Crippen LogP contribution in [0.4, 0.5) is 5.69 Å². The van der Waals surface area contributed by atoms with Crippen LogP contribution in [-0.4, -0.2) is 34.2 Å². The van der Waals surface area contributed by atoms with Gasteiger partial charge in [0.05, 0.1) is 11.4 Å². The third kappa shape index (κ3) is 3.80. The number of amides is 1. The van der Waals surface area contributed by atoms with E-state index in [2.05, 4.69) is 22.1 Å². The largest absolute Gasteiger partial charge is 0.395 e. The highest BCUT2D eigenvalue weighted by molar-refractivity contribution is 7.99. The Kier molecular flexibility index (Phi) is 5.77. The Morgan fingerprint density at radius 2 is 2.39 bits per heavy atom. The lowest BCUT2D eigenvalue weighted by Crippen LogP contribution is -2.26. The zero-order chi connectivity index (χ0) is 13.5. The Morgan fingerprint density at radius 3 is 2.94 bits per heavy atom. The molecule has 1 aromatic rings. The van der Waals surface area contributed by atoms with E-state index in [9.17, 15) is 4.79 Å². The molecule has 1 rings (SSSR count). The number of H-pyrrole nitrogens is 1. The molecule has 0 bridgehead atoms. The number of nitrogens with one attached hydrogen (secondary N) is 2. The molecule has 0 aromatic carbocycles. The average molecular weight is 268 g/mol. The molecule has 1 heterocycles. The molecule has 0 unspecified atom stereocenters. The predicted molar refractivity (Wildman–Crippen MR) is 76.9 cm³/mol. The molecule has 0 aliphatic heterocycles. The summed E-state index contributed by atoms with van der Waals surface area (Å²) in [6, 6.07) is 0. The fourth-order valence-electron chi connectivity index (χ4n) is 1.46. The highest BCUT2D eigenvalue weighted by Gasteiger charge is 2.18. The molecule has 100 valence electrons. The zero-order valence-corrected chi connectivity index (χ0v) is 11.6. The van der Waals surface area contributed by atoms with Crippen LogP contribution >= 0.6 is 11.8 Å². The second-order valence-corrected chi connectivity index (χ2v) is 5.32. The predicted octanol–water partition coefficient (Wildman–Crippen LogP) is 1.76. The maximum absolute atomic E-state index is 11.8. The summed E-state index contributed by atoms with van der Waals surface area (Å²) in [6.07, 6.45) is 1.84. The number of thioether (sulfide) groups is 1. The van der Waals surface area contributed by atoms with Gasteiger partial charge in [-0.15, -0.1) is 6.58 Å². The van der Waals surface area contributed by atoms with Gasteiger partial charge in [-0.25, -0.2) is 0 Å². The van der Waals surface area contributed by atoms with Crippen LogP contribution in [0, 0.1) is 0 Å². The van der Waals surface area contributed by atoms with E-state index in [0.717, 1.165) is 17.2 Å². The van der Waals surface area contributed by atoms with Crippen molar-refractivity contribution in [3.63, 3.8) is 0 Å². The minimum Gasteiger partial charge on any atom is -0.395 e. The number of anilines is 1. The summed E-state index contributed by atoms with van der Waals surface area (Å²) in [5.74, 6) is 1.73. The molecule has 0 saturated heterocycles. The monoisotopic (exact) mass is 268 g/mol. The van der Waals surface area contributed by atoms with E-state index in [4.69, 9.17) is 5.73 Å². The van der Waals surface area contributed by atoms with Gasteiger partial charge in [-0.05, 0) is 5.92 Å². The first kappa shape index (κ1) is 14.6. The molecule has 1 aromatic heterocycles. The standard InChI is InChI=1S/C12H20N4OS/c1-4-6-18-7-5-14-12(17)11-9(13)10(8(2)3)15-16-11/h4,8H,1,5-7,13H2,2-3H3,(H,14,17)(H,15,16). The lowest BCUT2D eigenvalue weighted by Gasteiger charge is -2.04. The zero-order valence-electron chi connectivity index (χ0n) is 10.8. The van der Waals surface area contributed by atoms with Crippen LogP contribution in [0.2, 0.25) is 0 Å². The fourth-order valence-corrected chi connectivity index (χ4v) is 2.04. The van der Waals surface area contributed by atoms with Gasteiger partial charge in [0.2, 0.25) is 0 Å². The van der Waals surface area contributed by atoms with E-state index in [1.165, 1.54) is 0 Å². The third-order valence-electron chi connectivity index (χ3n) is 2.39. The summed E-state index contributed by atoms with van der Waals surface area (Å²) in [4.78, 5) is 11.8. The number of carbonyl (C=O) groups excluding carboxylic acids is 1. The molecular weight excluding hydrogens is 248 g/mol. The Labute approximate surface area is 112 Å². The van der Waals surface area contributed by atoms with Crippen LogP contribution < -0.4 is 11.1 Å². The Bertz CT molecular complexity index is 414. The molecule has 0 aliphatic carbocycles. The van der Waals surface area contributed by atoms with Gasteiger partial charge in [-0.1, -0.05) is 19.9 Å². The number of rotatable bonds is 7. The number of hydrogen-bond acceptors (Lipinski definition) is 4. The molecule has 5 nitrogen and oxygen atoms in total. The molecule has 0 saturated carbocycles. The quantitative estimate of drug-likeness (QED) is 0.520. The highest BCUT2D eigenvalue weighted by atomic mass is 32.2. The minimum absolute atomic E-state index is 0.224. The van der Waals surface area contributed by atoms with Gasteiger partial charge in [0.15, 0.2) is 5.69 Å². The summed E-state index contributed by atoms with van der Waals surface area (Å²) >= 11 is 1.71. The molecule has 0 fully saturated rings. The fraction of sp³-hybridized carbons (Fsp3) is 0.500. The van der Waals surface area contributed by atoms with Crippen LogP contribution in [0.3, 0.4) is 0 Å². The van der Waals surface area contributed by atoms with E-state index in [0.29, 0.717) is 12.2 Å². The number of nitrogen functional groups attached to an aromatic ring is 1. The molecule has 4 N–H and O–H groups in total. The number of aromatic amines is 1. The summed E-state index contributed by atoms with van der Waals surface area (Å²) in [5, 5.41) is 9.57. The third-order valence-corrected chi connectivity index (χ3v) is 3.36. The summed E-state index contributed by atoms with van der Waals surface area (Å²) in [5.41, 5.74) is 7.42. The number of hydrogen-bond donors (Lipinski definition) is 3. The van der Waals surface area contributed by atoms with Gasteiger partial charge in [-0.3, -0.25) is 9.89 Å². The van der Waals surface area contributed by atoms with E-state index in [1.54, 1.807) is 11.8 Å². The van der Waals surface area contributed by atoms with Crippen molar-refractivity contribution in [3.8, 4) is 0 Å². The second-order valence-electron chi connectivity index (χ2n) is 4.17. The molecule has 1 amide bonds. The SMILES string of the molecule is C=CCSCCNC(=O)c1n[nH]c(C(C)C)c1N. The maximum atomic E-state index is 11.8. The number of nitrogens with two attached hydrogens (primary N) is 1. The Balaban J connectivity index is 2.49. The van der Waals surface area contributed by atoms with Crippen molar-refractivity contribution in [1.82, 2.24) is 15.5 Å². The molecule has 0 atom stereocenters. The normalized spacial score (nSPS) is 10.6. The molecule has 6 heteroatoms. The van der Waals surface area contributed by atoms with Crippen molar-refractivity contribution in [2.75, 3.05) is 23.8 Å². The van der Waals surface area contributed by atoms with E-state index < -0.39 is 0 Å². The lowest BCUT2D eigenvalue weighted by molar-refractivity contribution is 0.0952. The van der Waals surface area contributed by atoms with Gasteiger partial charge in [-0.2, -0.15) is 16.9 Å². The van der Waals surface area contributed by atoms with E-state index >= 15 is 0 Å². The van der Waals surface area contributed by atoms with Crippen LogP contribution in [0.15, 0.2) is 12.7 Å². The van der Waals surface area contributed by atoms with Crippen LogP contribution in [0.1, 0.15) is 35.9 Å². The molecule has 0 aliphatic rings. The van der Waals surface area contributed by atoms with Gasteiger partial charge < -0.3 is 11.1 Å². The summed E-state index contributed by atoms with van der Waals surface area (Å²) < 4.78 is 0. The average Bonchev–Trinajstić information content (AvgIpc) is 2.70. The molecule has 18 heavy (non-hydrogen) atoms. The summed E-state index contributed by atoms with van der Waals surface area (Å²) in [7, 11) is 0. The first-order valence-electron chi connectivity index (χ1n) is 5.88. The van der Waals surface area contributed by atoms with Crippen molar-refractivity contribution in [1.29, 1.82) is 0 Å². The number of aromatic nitrogens is 2. The van der Waals surface area contributed by atoms with Gasteiger partial charge in [0.25, 0.3) is 5.91 Å². The van der Waals surface area contributed by atoms with E-state index in [1.807, 2.05) is 19.9 Å². The van der Waals surface area contributed by atoms with Gasteiger partial charge in [0, 0.05) is 18.1 Å². The van der Waals surface area contributed by atoms with Crippen molar-refractivity contribution in [3.05, 3.63) is 24.0 Å². The molecule has 0 spiro atoms. The highest BCUT2D eigenvalue weighted by Crippen LogP contribution is 2.21. The second kappa shape index (κ2) is 7.10. The first-order chi connectivity index (χ1) is 8.57. The van der Waals surface area contributed by atoms with E-state index in [-0.39, 0.29) is 17.5 Å².